The second-order valence-corrected chi connectivity index (χ2v) is 5.76. The second kappa shape index (κ2) is 6.80. The minimum Gasteiger partial charge on any atom is -0.465 e. The third-order valence-corrected chi connectivity index (χ3v) is 4.19. The highest BCUT2D eigenvalue weighted by Gasteiger charge is 2.10. The highest BCUT2D eigenvalue weighted by molar-refractivity contribution is 7.71. The minimum absolute atomic E-state index is 0.166. The van der Waals surface area contributed by atoms with Crippen molar-refractivity contribution < 1.29 is 9.53 Å². The first kappa shape index (κ1) is 16.1. The van der Waals surface area contributed by atoms with Gasteiger partial charge in [0.2, 0.25) is 0 Å². The molecule has 122 valence electrons. The second-order valence-electron chi connectivity index (χ2n) is 5.37. The zero-order valence-electron chi connectivity index (χ0n) is 13.1. The molecule has 2 aromatic carbocycles. The number of aromatic amines is 1. The van der Waals surface area contributed by atoms with Crippen molar-refractivity contribution in [1.29, 1.82) is 0 Å². The summed E-state index contributed by atoms with van der Waals surface area (Å²) in [6.45, 7) is 0.493. The predicted octanol–water partition coefficient (Wildman–Crippen LogP) is 3.09. The van der Waals surface area contributed by atoms with E-state index < -0.39 is 5.97 Å². The molecule has 1 aromatic heterocycles. The largest absolute Gasteiger partial charge is 0.465 e. The molecule has 0 fully saturated rings. The summed E-state index contributed by atoms with van der Waals surface area (Å²) in [5, 5.41) is 0.490. The van der Waals surface area contributed by atoms with Gasteiger partial charge in [0.1, 0.15) is 0 Å². The highest BCUT2D eigenvalue weighted by atomic mass is 32.1. The lowest BCUT2D eigenvalue weighted by molar-refractivity contribution is 0.0601. The Balaban J connectivity index is 1.99. The summed E-state index contributed by atoms with van der Waals surface area (Å²) in [6.07, 6.45) is 0.712. The van der Waals surface area contributed by atoms with Crippen molar-refractivity contribution in [3.8, 4) is 0 Å². The Bertz CT molecular complexity index is 1010. The van der Waals surface area contributed by atoms with Crippen LogP contribution in [0.2, 0.25) is 0 Å². The number of fused-ring (bicyclic) bond motifs is 1. The molecule has 3 rings (SSSR count). The zero-order chi connectivity index (χ0) is 17.1. The van der Waals surface area contributed by atoms with Gasteiger partial charge in [0.25, 0.3) is 5.56 Å². The van der Waals surface area contributed by atoms with Gasteiger partial charge in [-0.25, -0.2) is 4.79 Å². The molecule has 6 heteroatoms. The highest BCUT2D eigenvalue weighted by Crippen LogP contribution is 2.12. The van der Waals surface area contributed by atoms with Crippen LogP contribution in [0.1, 0.15) is 15.9 Å². The average molecular weight is 340 g/mol. The topological polar surface area (TPSA) is 64.1 Å². The van der Waals surface area contributed by atoms with Gasteiger partial charge < -0.3 is 9.72 Å². The molecule has 0 aliphatic carbocycles. The van der Waals surface area contributed by atoms with Crippen LogP contribution < -0.4 is 5.56 Å². The molecule has 0 radical (unpaired) electrons. The molecule has 0 saturated heterocycles. The smallest absolute Gasteiger partial charge is 0.337 e. The molecular formula is C18H16N2O3S. The maximum absolute atomic E-state index is 12.7. The van der Waals surface area contributed by atoms with Crippen LogP contribution in [0.5, 0.6) is 0 Å². The molecule has 3 aromatic rings. The van der Waals surface area contributed by atoms with E-state index in [1.54, 1.807) is 22.8 Å². The average Bonchev–Trinajstić information content (AvgIpc) is 2.61. The van der Waals surface area contributed by atoms with Crippen molar-refractivity contribution in [1.82, 2.24) is 9.55 Å². The summed E-state index contributed by atoms with van der Waals surface area (Å²) in [5.74, 6) is -0.454. The van der Waals surface area contributed by atoms with Crippen molar-refractivity contribution in [2.75, 3.05) is 7.11 Å². The molecule has 0 spiro atoms. The van der Waals surface area contributed by atoms with E-state index in [-0.39, 0.29) is 5.56 Å². The number of aryl methyl sites for hydroxylation is 1. The van der Waals surface area contributed by atoms with E-state index in [2.05, 4.69) is 4.98 Å². The standard InChI is InChI=1S/C18H16N2O3S/c1-23-17(22)13-7-8-14-15(11-13)19-18(24)20(16(14)21)10-9-12-5-3-2-4-6-12/h2-8,11H,9-10H2,1H3,(H,19,24). The molecular weight excluding hydrogens is 324 g/mol. The fourth-order valence-corrected chi connectivity index (χ4v) is 2.87. The third kappa shape index (κ3) is 3.14. The van der Waals surface area contributed by atoms with E-state index in [0.29, 0.717) is 34.2 Å². The maximum Gasteiger partial charge on any atom is 0.337 e. The molecule has 0 saturated carbocycles. The number of aromatic nitrogens is 2. The van der Waals surface area contributed by atoms with Gasteiger partial charge in [0.15, 0.2) is 4.77 Å². The minimum atomic E-state index is -0.454. The van der Waals surface area contributed by atoms with E-state index in [1.807, 2.05) is 30.3 Å². The van der Waals surface area contributed by atoms with E-state index in [0.717, 1.165) is 5.56 Å². The summed E-state index contributed by atoms with van der Waals surface area (Å²) >= 11 is 5.31. The van der Waals surface area contributed by atoms with Crippen LogP contribution in [0, 0.1) is 4.77 Å². The third-order valence-electron chi connectivity index (χ3n) is 3.87. The molecule has 24 heavy (non-hydrogen) atoms. The van der Waals surface area contributed by atoms with Crippen LogP contribution >= 0.6 is 12.2 Å². The molecule has 0 atom stereocenters. The van der Waals surface area contributed by atoms with Crippen molar-refractivity contribution in [3.05, 3.63) is 74.8 Å². The van der Waals surface area contributed by atoms with Crippen molar-refractivity contribution in [2.24, 2.45) is 0 Å². The summed E-state index contributed by atoms with van der Waals surface area (Å²) in [7, 11) is 1.32. The fourth-order valence-electron chi connectivity index (χ4n) is 2.59. The Labute approximate surface area is 143 Å². The van der Waals surface area contributed by atoms with Gasteiger partial charge in [-0.15, -0.1) is 0 Å². The maximum atomic E-state index is 12.7. The normalized spacial score (nSPS) is 10.7. The van der Waals surface area contributed by atoms with E-state index in [1.165, 1.54) is 7.11 Å². The van der Waals surface area contributed by atoms with Gasteiger partial charge in [0, 0.05) is 6.54 Å². The van der Waals surface area contributed by atoms with Crippen LogP contribution in [0.15, 0.2) is 53.3 Å². The first-order valence-corrected chi connectivity index (χ1v) is 7.90. The Morgan fingerprint density at radius 2 is 1.96 bits per heavy atom. The lowest BCUT2D eigenvalue weighted by Crippen LogP contribution is -2.23. The molecule has 0 unspecified atom stereocenters. The molecule has 0 bridgehead atoms. The number of H-pyrrole nitrogens is 1. The zero-order valence-corrected chi connectivity index (χ0v) is 13.9. The predicted molar refractivity (Wildman–Crippen MR) is 94.9 cm³/mol. The summed E-state index contributed by atoms with van der Waals surface area (Å²) in [5.41, 5.74) is 1.88. The molecule has 1 heterocycles. The van der Waals surface area contributed by atoms with Gasteiger partial charge in [-0.1, -0.05) is 30.3 Å². The van der Waals surface area contributed by atoms with E-state index in [4.69, 9.17) is 17.0 Å². The number of benzene rings is 2. The summed E-state index contributed by atoms with van der Waals surface area (Å²) in [6, 6.07) is 14.7. The molecule has 0 amide bonds. The SMILES string of the molecule is COC(=O)c1ccc2c(=O)n(CCc3ccccc3)c(=S)[nH]c2c1. The number of hydrogen-bond donors (Lipinski definition) is 1. The monoisotopic (exact) mass is 340 g/mol. The lowest BCUT2D eigenvalue weighted by Gasteiger charge is -2.09. The Hall–Kier alpha value is -2.73. The Morgan fingerprint density at radius 1 is 1.21 bits per heavy atom. The van der Waals surface area contributed by atoms with Crippen molar-refractivity contribution >= 4 is 29.1 Å². The molecule has 0 aliphatic rings. The quantitative estimate of drug-likeness (QED) is 0.585. The number of methoxy groups -OCH3 is 1. The first-order valence-electron chi connectivity index (χ1n) is 7.49. The number of carbonyl (C=O) groups is 1. The molecule has 0 aliphatic heterocycles. The van der Waals surface area contributed by atoms with Gasteiger partial charge in [-0.2, -0.15) is 0 Å². The van der Waals surface area contributed by atoms with Crippen molar-refractivity contribution in [3.63, 3.8) is 0 Å². The van der Waals surface area contributed by atoms with Crippen LogP contribution in [-0.2, 0) is 17.7 Å². The fraction of sp³-hybridized carbons (Fsp3) is 0.167. The van der Waals surface area contributed by atoms with Crippen LogP contribution in [-0.4, -0.2) is 22.6 Å². The number of nitrogens with one attached hydrogen (secondary N) is 1. The van der Waals surface area contributed by atoms with Crippen LogP contribution in [0.3, 0.4) is 0 Å². The van der Waals surface area contributed by atoms with E-state index >= 15 is 0 Å². The molecule has 5 nitrogen and oxygen atoms in total. The van der Waals surface area contributed by atoms with Gasteiger partial charge in [-0.3, -0.25) is 9.36 Å². The number of rotatable bonds is 4. The summed E-state index contributed by atoms with van der Waals surface area (Å²) < 4.78 is 6.58. The number of hydrogen-bond acceptors (Lipinski definition) is 4. The molecule has 1 N–H and O–H groups in total. The van der Waals surface area contributed by atoms with Gasteiger partial charge in [-0.05, 0) is 42.4 Å². The van der Waals surface area contributed by atoms with Crippen molar-refractivity contribution in [2.45, 2.75) is 13.0 Å². The van der Waals surface area contributed by atoms with Gasteiger partial charge in [0.05, 0.1) is 23.6 Å². The van der Waals surface area contributed by atoms with Gasteiger partial charge >= 0.3 is 5.97 Å². The number of carbonyl (C=O) groups excluding carboxylic acids is 1. The Morgan fingerprint density at radius 3 is 2.67 bits per heavy atom. The Kier molecular flexibility index (Phi) is 4.57. The van der Waals surface area contributed by atoms with Crippen LogP contribution in [0.25, 0.3) is 10.9 Å². The number of nitrogens with zero attached hydrogens (tertiary/aromatic N) is 1. The lowest BCUT2D eigenvalue weighted by atomic mass is 10.1. The first-order chi connectivity index (χ1) is 11.6. The number of esters is 1. The number of ether oxygens (including phenoxy) is 1. The van der Waals surface area contributed by atoms with Crippen LogP contribution in [0.4, 0.5) is 0 Å². The van der Waals surface area contributed by atoms with E-state index in [9.17, 15) is 9.59 Å². The summed E-state index contributed by atoms with van der Waals surface area (Å²) in [4.78, 5) is 27.3.